The number of carbonyl (C=O) groups is 2. The first-order chi connectivity index (χ1) is 10.5. The molecule has 0 aliphatic carbocycles. The number of benzene rings is 1. The lowest BCUT2D eigenvalue weighted by atomic mass is 10.0. The van der Waals surface area contributed by atoms with E-state index in [-0.39, 0.29) is 10.6 Å². The van der Waals surface area contributed by atoms with E-state index in [9.17, 15) is 9.59 Å². The zero-order valence-electron chi connectivity index (χ0n) is 11.4. The first-order valence-electron chi connectivity index (χ1n) is 6.32. The SMILES string of the molecule is CC(=O)N1C(=O)C(=C(Cl)c2ccnnc2)c2ccc(Cl)cc21. The molecule has 0 bridgehead atoms. The number of fused-ring (bicyclic) bond motifs is 1. The molecule has 0 atom stereocenters. The summed E-state index contributed by atoms with van der Waals surface area (Å²) in [5.41, 5.74) is 1.79. The van der Waals surface area contributed by atoms with Gasteiger partial charge in [0.05, 0.1) is 28.7 Å². The van der Waals surface area contributed by atoms with Crippen LogP contribution in [0.1, 0.15) is 18.1 Å². The Morgan fingerprint density at radius 2 is 2.00 bits per heavy atom. The van der Waals surface area contributed by atoms with Crippen molar-refractivity contribution in [3.05, 3.63) is 52.8 Å². The molecule has 0 saturated carbocycles. The van der Waals surface area contributed by atoms with Gasteiger partial charge in [-0.1, -0.05) is 29.3 Å². The summed E-state index contributed by atoms with van der Waals surface area (Å²) in [6.45, 7) is 1.31. The number of rotatable bonds is 1. The van der Waals surface area contributed by atoms with Crippen molar-refractivity contribution in [3.63, 3.8) is 0 Å². The number of hydrogen-bond acceptors (Lipinski definition) is 4. The standard InChI is InChI=1S/C15H9Cl2N3O2/c1-8(21)20-12-6-10(16)2-3-11(12)13(15(20)22)14(17)9-4-5-18-19-7-9/h2-7H,1H3. The molecule has 7 heteroatoms. The van der Waals surface area contributed by atoms with Crippen molar-refractivity contribution in [2.45, 2.75) is 6.92 Å². The molecule has 2 aromatic rings. The quantitative estimate of drug-likeness (QED) is 0.752. The van der Waals surface area contributed by atoms with Crippen molar-refractivity contribution < 1.29 is 9.59 Å². The minimum atomic E-state index is -0.480. The Morgan fingerprint density at radius 1 is 1.23 bits per heavy atom. The second-order valence-corrected chi connectivity index (χ2v) is 5.46. The second kappa shape index (κ2) is 5.51. The highest BCUT2D eigenvalue weighted by Crippen LogP contribution is 2.43. The van der Waals surface area contributed by atoms with Crippen LogP contribution in [0.4, 0.5) is 5.69 Å². The van der Waals surface area contributed by atoms with E-state index in [4.69, 9.17) is 23.2 Å². The largest absolute Gasteiger partial charge is 0.274 e. The fourth-order valence-corrected chi connectivity index (χ4v) is 2.79. The molecule has 1 aliphatic rings. The average Bonchev–Trinajstić information content (AvgIpc) is 2.78. The van der Waals surface area contributed by atoms with Crippen molar-refractivity contribution >= 4 is 51.3 Å². The normalized spacial score (nSPS) is 15.8. The number of halogens is 2. The van der Waals surface area contributed by atoms with Gasteiger partial charge in [0, 0.05) is 23.1 Å². The maximum atomic E-state index is 12.6. The van der Waals surface area contributed by atoms with E-state index in [2.05, 4.69) is 10.2 Å². The number of nitrogens with zero attached hydrogens (tertiary/aromatic N) is 3. The minimum Gasteiger partial charge on any atom is -0.274 e. The van der Waals surface area contributed by atoms with Crippen LogP contribution in [-0.4, -0.2) is 22.0 Å². The zero-order chi connectivity index (χ0) is 15.9. The summed E-state index contributed by atoms with van der Waals surface area (Å²) in [6.07, 6.45) is 2.93. The third-order valence-corrected chi connectivity index (χ3v) is 3.90. The summed E-state index contributed by atoms with van der Waals surface area (Å²) < 4.78 is 0. The van der Waals surface area contributed by atoms with E-state index in [1.54, 1.807) is 24.3 Å². The van der Waals surface area contributed by atoms with Gasteiger partial charge in [-0.2, -0.15) is 10.2 Å². The van der Waals surface area contributed by atoms with Crippen LogP contribution in [0, 0.1) is 0 Å². The molecule has 3 rings (SSSR count). The summed E-state index contributed by atoms with van der Waals surface area (Å²) >= 11 is 12.3. The Morgan fingerprint density at radius 3 is 2.64 bits per heavy atom. The van der Waals surface area contributed by atoms with Crippen molar-refractivity contribution in [2.75, 3.05) is 4.90 Å². The summed E-state index contributed by atoms with van der Waals surface area (Å²) in [7, 11) is 0. The fourth-order valence-electron chi connectivity index (χ4n) is 2.33. The predicted molar refractivity (Wildman–Crippen MR) is 84.3 cm³/mol. The number of carbonyl (C=O) groups excluding carboxylic acids is 2. The molecular weight excluding hydrogens is 325 g/mol. The molecule has 5 nitrogen and oxygen atoms in total. The molecule has 2 amide bonds. The minimum absolute atomic E-state index is 0.215. The Balaban J connectivity index is 2.27. The molecule has 0 spiro atoms. The van der Waals surface area contributed by atoms with Gasteiger partial charge in [0.15, 0.2) is 0 Å². The van der Waals surface area contributed by atoms with E-state index in [1.165, 1.54) is 19.3 Å². The number of hydrogen-bond donors (Lipinski definition) is 0. The third-order valence-electron chi connectivity index (χ3n) is 3.26. The van der Waals surface area contributed by atoms with Gasteiger partial charge >= 0.3 is 0 Å². The first-order valence-corrected chi connectivity index (χ1v) is 7.08. The van der Waals surface area contributed by atoms with Gasteiger partial charge in [-0.25, -0.2) is 4.90 Å². The fraction of sp³-hybridized carbons (Fsp3) is 0.0667. The number of anilines is 1. The van der Waals surface area contributed by atoms with Crippen molar-refractivity contribution in [2.24, 2.45) is 0 Å². The van der Waals surface area contributed by atoms with E-state index in [0.717, 1.165) is 4.90 Å². The molecule has 0 N–H and O–H groups in total. The zero-order valence-corrected chi connectivity index (χ0v) is 12.9. The summed E-state index contributed by atoms with van der Waals surface area (Å²) in [4.78, 5) is 25.5. The van der Waals surface area contributed by atoms with Gasteiger partial charge in [0.2, 0.25) is 5.91 Å². The van der Waals surface area contributed by atoms with Crippen LogP contribution in [0.25, 0.3) is 10.6 Å². The molecule has 2 heterocycles. The highest BCUT2D eigenvalue weighted by Gasteiger charge is 2.37. The monoisotopic (exact) mass is 333 g/mol. The van der Waals surface area contributed by atoms with Crippen LogP contribution in [0.15, 0.2) is 36.7 Å². The molecule has 0 saturated heterocycles. The molecule has 0 radical (unpaired) electrons. The van der Waals surface area contributed by atoms with Crippen LogP contribution in [0.2, 0.25) is 5.02 Å². The molecule has 1 aromatic carbocycles. The van der Waals surface area contributed by atoms with E-state index in [1.807, 2.05) is 0 Å². The number of aromatic nitrogens is 2. The number of amides is 2. The molecular formula is C15H9Cl2N3O2. The molecule has 0 fully saturated rings. The van der Waals surface area contributed by atoms with Crippen molar-refractivity contribution in [1.82, 2.24) is 10.2 Å². The first kappa shape index (κ1) is 14.7. The van der Waals surface area contributed by atoms with Gasteiger partial charge in [-0.15, -0.1) is 0 Å². The molecule has 110 valence electrons. The van der Waals surface area contributed by atoms with E-state index in [0.29, 0.717) is 21.8 Å². The Hall–Kier alpha value is -2.24. The maximum Gasteiger partial charge on any atom is 0.267 e. The summed E-state index contributed by atoms with van der Waals surface area (Å²) in [6, 6.07) is 6.52. The topological polar surface area (TPSA) is 63.2 Å². The van der Waals surface area contributed by atoms with Gasteiger partial charge < -0.3 is 0 Å². The summed E-state index contributed by atoms with van der Waals surface area (Å²) in [5, 5.41) is 8.07. The lowest BCUT2D eigenvalue weighted by Gasteiger charge is -2.12. The Bertz CT molecular complexity index is 819. The van der Waals surface area contributed by atoms with E-state index >= 15 is 0 Å². The predicted octanol–water partition coefficient (Wildman–Crippen LogP) is 3.13. The van der Waals surface area contributed by atoms with Gasteiger partial charge in [0.25, 0.3) is 5.91 Å². The number of imide groups is 1. The lowest BCUT2D eigenvalue weighted by molar-refractivity contribution is -0.122. The highest BCUT2D eigenvalue weighted by molar-refractivity contribution is 6.60. The van der Waals surface area contributed by atoms with Crippen LogP contribution in [0.3, 0.4) is 0 Å². The smallest absolute Gasteiger partial charge is 0.267 e. The van der Waals surface area contributed by atoms with Gasteiger partial charge in [-0.05, 0) is 18.2 Å². The van der Waals surface area contributed by atoms with Crippen LogP contribution in [0.5, 0.6) is 0 Å². The van der Waals surface area contributed by atoms with Crippen LogP contribution < -0.4 is 4.90 Å². The van der Waals surface area contributed by atoms with Gasteiger partial charge in [-0.3, -0.25) is 9.59 Å². The molecule has 22 heavy (non-hydrogen) atoms. The lowest BCUT2D eigenvalue weighted by Crippen LogP contribution is -2.31. The van der Waals surface area contributed by atoms with Crippen LogP contribution >= 0.6 is 23.2 Å². The van der Waals surface area contributed by atoms with Crippen molar-refractivity contribution in [3.8, 4) is 0 Å². The second-order valence-electron chi connectivity index (χ2n) is 4.64. The van der Waals surface area contributed by atoms with Gasteiger partial charge in [0.1, 0.15) is 0 Å². The molecule has 1 aromatic heterocycles. The van der Waals surface area contributed by atoms with E-state index < -0.39 is 11.8 Å². The molecule has 0 unspecified atom stereocenters. The Kier molecular flexibility index (Phi) is 3.68. The highest BCUT2D eigenvalue weighted by atomic mass is 35.5. The Labute approximate surface area is 136 Å². The van der Waals surface area contributed by atoms with Crippen LogP contribution in [-0.2, 0) is 9.59 Å². The third kappa shape index (κ3) is 2.28. The summed E-state index contributed by atoms with van der Waals surface area (Å²) in [5.74, 6) is -0.882. The van der Waals surface area contributed by atoms with Crippen molar-refractivity contribution in [1.29, 1.82) is 0 Å². The average molecular weight is 334 g/mol. The molecule has 1 aliphatic heterocycles. The maximum absolute atomic E-state index is 12.6.